The number of carboxylic acid groups (broad SMARTS) is 1. The topological polar surface area (TPSA) is 66.4 Å². The molecular weight excluding hydrogens is 310 g/mol. The van der Waals surface area contributed by atoms with Crippen LogP contribution in [0.3, 0.4) is 0 Å². The summed E-state index contributed by atoms with van der Waals surface area (Å²) in [6, 6.07) is 7.37. The van der Waals surface area contributed by atoms with Crippen LogP contribution in [0.2, 0.25) is 5.02 Å². The van der Waals surface area contributed by atoms with E-state index in [0.717, 1.165) is 11.3 Å². The third kappa shape index (κ3) is 4.38. The number of amides is 1. The van der Waals surface area contributed by atoms with E-state index in [1.807, 2.05) is 25.1 Å². The molecule has 1 amide bonds. The summed E-state index contributed by atoms with van der Waals surface area (Å²) in [6.07, 6.45) is 1.88. The van der Waals surface area contributed by atoms with Gasteiger partial charge in [0, 0.05) is 10.9 Å². The second kappa shape index (κ2) is 7.18. The molecule has 21 heavy (non-hydrogen) atoms. The fourth-order valence-electron chi connectivity index (χ4n) is 2.44. The fraction of sp³-hybridized carbons (Fsp3) is 0.467. The third-order valence-electron chi connectivity index (χ3n) is 3.64. The molecule has 1 aliphatic carbocycles. The normalized spacial score (nSPS) is 22.8. The first-order chi connectivity index (χ1) is 9.97. The molecule has 2 rings (SSSR count). The molecule has 3 atom stereocenters. The van der Waals surface area contributed by atoms with Gasteiger partial charge in [-0.1, -0.05) is 23.7 Å². The first-order valence-electron chi connectivity index (χ1n) is 6.91. The molecule has 0 bridgehead atoms. The molecule has 4 nitrogen and oxygen atoms in total. The van der Waals surface area contributed by atoms with Crippen LogP contribution in [-0.4, -0.2) is 28.3 Å². The summed E-state index contributed by atoms with van der Waals surface area (Å²) < 4.78 is 0. The van der Waals surface area contributed by atoms with Gasteiger partial charge in [0.05, 0.1) is 16.2 Å². The highest BCUT2D eigenvalue weighted by atomic mass is 35.5. The Bertz CT molecular complexity index is 537. The molecule has 0 aliphatic heterocycles. The van der Waals surface area contributed by atoms with E-state index in [1.54, 1.807) is 6.07 Å². The summed E-state index contributed by atoms with van der Waals surface area (Å²) in [5, 5.41) is 12.3. The molecule has 1 unspecified atom stereocenters. The molecule has 0 saturated heterocycles. The number of nitrogens with one attached hydrogen (secondary N) is 1. The van der Waals surface area contributed by atoms with Crippen molar-refractivity contribution in [3.8, 4) is 0 Å². The maximum atomic E-state index is 12.2. The Labute approximate surface area is 133 Å². The zero-order valence-corrected chi connectivity index (χ0v) is 13.3. The van der Waals surface area contributed by atoms with Gasteiger partial charge in [-0.2, -0.15) is 0 Å². The average molecular weight is 328 g/mol. The van der Waals surface area contributed by atoms with Gasteiger partial charge in [-0.15, -0.1) is 11.8 Å². The molecule has 114 valence electrons. The van der Waals surface area contributed by atoms with Crippen LogP contribution in [0.1, 0.15) is 26.2 Å². The number of halogens is 1. The van der Waals surface area contributed by atoms with E-state index in [1.165, 1.54) is 11.8 Å². The maximum Gasteiger partial charge on any atom is 0.306 e. The number of hydrogen-bond donors (Lipinski definition) is 2. The number of rotatable bonds is 5. The lowest BCUT2D eigenvalue weighted by Crippen LogP contribution is -2.38. The van der Waals surface area contributed by atoms with Crippen molar-refractivity contribution in [2.75, 3.05) is 0 Å². The number of hydrogen-bond acceptors (Lipinski definition) is 3. The molecule has 2 N–H and O–H groups in total. The molecule has 0 heterocycles. The Morgan fingerprint density at radius 3 is 2.71 bits per heavy atom. The smallest absolute Gasteiger partial charge is 0.306 e. The Morgan fingerprint density at radius 2 is 2.10 bits per heavy atom. The van der Waals surface area contributed by atoms with Crippen molar-refractivity contribution < 1.29 is 14.7 Å². The second-order valence-corrected chi connectivity index (χ2v) is 7.03. The quantitative estimate of drug-likeness (QED) is 0.815. The first-order valence-corrected chi connectivity index (χ1v) is 8.17. The number of carbonyl (C=O) groups excluding carboxylic acids is 1. The zero-order valence-electron chi connectivity index (χ0n) is 11.7. The minimum absolute atomic E-state index is 0.0344. The largest absolute Gasteiger partial charge is 0.481 e. The summed E-state index contributed by atoms with van der Waals surface area (Å²) >= 11 is 7.49. The van der Waals surface area contributed by atoms with E-state index in [4.69, 9.17) is 16.7 Å². The van der Waals surface area contributed by atoms with Gasteiger partial charge < -0.3 is 10.4 Å². The lowest BCUT2D eigenvalue weighted by molar-refractivity contribution is -0.141. The highest BCUT2D eigenvalue weighted by Crippen LogP contribution is 2.31. The monoisotopic (exact) mass is 327 g/mol. The molecule has 1 saturated carbocycles. The van der Waals surface area contributed by atoms with Gasteiger partial charge in [-0.25, -0.2) is 0 Å². The molecular formula is C15H18ClNO3S. The van der Waals surface area contributed by atoms with Gasteiger partial charge in [0.15, 0.2) is 0 Å². The van der Waals surface area contributed by atoms with Crippen molar-refractivity contribution in [1.82, 2.24) is 5.32 Å². The van der Waals surface area contributed by atoms with Gasteiger partial charge >= 0.3 is 5.97 Å². The van der Waals surface area contributed by atoms with Gasteiger partial charge in [-0.05, 0) is 38.3 Å². The van der Waals surface area contributed by atoms with E-state index in [9.17, 15) is 9.59 Å². The Kier molecular flexibility index (Phi) is 5.53. The predicted molar refractivity (Wildman–Crippen MR) is 83.7 cm³/mol. The number of benzene rings is 1. The van der Waals surface area contributed by atoms with E-state index in [-0.39, 0.29) is 23.1 Å². The molecule has 1 aromatic carbocycles. The van der Waals surface area contributed by atoms with Crippen molar-refractivity contribution in [2.24, 2.45) is 5.92 Å². The Hall–Kier alpha value is -1.20. The van der Waals surface area contributed by atoms with Gasteiger partial charge in [0.25, 0.3) is 0 Å². The summed E-state index contributed by atoms with van der Waals surface area (Å²) in [5.41, 5.74) is 0. The molecule has 1 aromatic rings. The SMILES string of the molecule is CC(Sc1ccccc1Cl)C(=O)N[C@@H]1CC[C@H](C(=O)O)C1. The van der Waals surface area contributed by atoms with Gasteiger partial charge in [0.2, 0.25) is 5.91 Å². The molecule has 1 fully saturated rings. The Balaban J connectivity index is 1.86. The van der Waals surface area contributed by atoms with Crippen LogP contribution in [0.4, 0.5) is 0 Å². The van der Waals surface area contributed by atoms with Gasteiger partial charge in [0.1, 0.15) is 0 Å². The number of carbonyl (C=O) groups is 2. The van der Waals surface area contributed by atoms with Crippen LogP contribution >= 0.6 is 23.4 Å². The summed E-state index contributed by atoms with van der Waals surface area (Å²) in [7, 11) is 0. The highest BCUT2D eigenvalue weighted by molar-refractivity contribution is 8.00. The van der Waals surface area contributed by atoms with E-state index < -0.39 is 5.97 Å². The van der Waals surface area contributed by atoms with Crippen molar-refractivity contribution in [1.29, 1.82) is 0 Å². The first kappa shape index (κ1) is 16.2. The van der Waals surface area contributed by atoms with Crippen LogP contribution < -0.4 is 5.32 Å². The van der Waals surface area contributed by atoms with Crippen molar-refractivity contribution in [2.45, 2.75) is 42.4 Å². The van der Waals surface area contributed by atoms with Crippen LogP contribution in [0, 0.1) is 5.92 Å². The summed E-state index contributed by atoms with van der Waals surface area (Å²) in [5.74, 6) is -1.18. The lowest BCUT2D eigenvalue weighted by atomic mass is 10.1. The minimum atomic E-state index is -0.773. The van der Waals surface area contributed by atoms with Crippen molar-refractivity contribution in [3.63, 3.8) is 0 Å². The molecule has 1 aliphatic rings. The Morgan fingerprint density at radius 1 is 1.38 bits per heavy atom. The standard InChI is InChI=1S/C15H18ClNO3S/c1-9(21-13-5-3-2-4-12(13)16)14(18)17-11-7-6-10(8-11)15(19)20/h2-5,9-11H,6-8H2,1H3,(H,17,18)(H,19,20)/t9?,10-,11+/m0/s1. The molecule has 6 heteroatoms. The minimum Gasteiger partial charge on any atom is -0.481 e. The highest BCUT2D eigenvalue weighted by Gasteiger charge is 2.31. The van der Waals surface area contributed by atoms with Gasteiger partial charge in [-0.3, -0.25) is 9.59 Å². The number of thioether (sulfide) groups is 1. The van der Waals surface area contributed by atoms with Crippen molar-refractivity contribution >= 4 is 35.2 Å². The number of aliphatic carboxylic acids is 1. The molecule has 0 aromatic heterocycles. The van der Waals surface area contributed by atoms with Crippen LogP contribution in [-0.2, 0) is 9.59 Å². The fourth-order valence-corrected chi connectivity index (χ4v) is 3.60. The van der Waals surface area contributed by atoms with E-state index >= 15 is 0 Å². The van der Waals surface area contributed by atoms with E-state index in [2.05, 4.69) is 5.32 Å². The van der Waals surface area contributed by atoms with E-state index in [0.29, 0.717) is 17.9 Å². The van der Waals surface area contributed by atoms with Crippen molar-refractivity contribution in [3.05, 3.63) is 29.3 Å². The van der Waals surface area contributed by atoms with Crippen LogP contribution in [0.25, 0.3) is 0 Å². The third-order valence-corrected chi connectivity index (χ3v) is 5.26. The number of carboxylic acids is 1. The average Bonchev–Trinajstić information content (AvgIpc) is 2.90. The predicted octanol–water partition coefficient (Wildman–Crippen LogP) is 3.19. The summed E-state index contributed by atoms with van der Waals surface area (Å²) in [4.78, 5) is 24.0. The summed E-state index contributed by atoms with van der Waals surface area (Å²) in [6.45, 7) is 1.83. The maximum absolute atomic E-state index is 12.2. The molecule has 0 radical (unpaired) electrons. The van der Waals surface area contributed by atoms with Crippen LogP contribution in [0.15, 0.2) is 29.2 Å². The zero-order chi connectivity index (χ0) is 15.4. The molecule has 0 spiro atoms. The van der Waals surface area contributed by atoms with Crippen LogP contribution in [0.5, 0.6) is 0 Å². The second-order valence-electron chi connectivity index (χ2n) is 5.24. The lowest BCUT2D eigenvalue weighted by Gasteiger charge is -2.17.